The number of nitrogens with one attached hydrogen (secondary N) is 2. The topological polar surface area (TPSA) is 105 Å². The first-order chi connectivity index (χ1) is 8.22. The van der Waals surface area contributed by atoms with Gasteiger partial charge < -0.3 is 16.4 Å². The summed E-state index contributed by atoms with van der Waals surface area (Å²) in [5, 5.41) is 8.62. The predicted octanol–water partition coefficient (Wildman–Crippen LogP) is 1.65. The molecule has 90 valence electrons. The minimum atomic E-state index is 0.0514. The van der Waals surface area contributed by atoms with Crippen LogP contribution in [0.5, 0.6) is 0 Å². The van der Waals surface area contributed by atoms with E-state index in [9.17, 15) is 4.91 Å². The molecule has 0 aliphatic carbocycles. The Hall–Kier alpha value is -2.44. The first-order valence-electron chi connectivity index (χ1n) is 4.93. The van der Waals surface area contributed by atoms with E-state index in [2.05, 4.69) is 38.9 Å². The summed E-state index contributed by atoms with van der Waals surface area (Å²) in [5.41, 5.74) is 5.61. The van der Waals surface area contributed by atoms with E-state index >= 15 is 0 Å². The molecule has 7 nitrogen and oxygen atoms in total. The number of hydrogen-bond acceptors (Lipinski definition) is 7. The molecule has 0 saturated carbocycles. The van der Waals surface area contributed by atoms with Gasteiger partial charge in [-0.25, -0.2) is 0 Å². The Balaban J connectivity index is 3.09. The van der Waals surface area contributed by atoms with Crippen LogP contribution in [0.4, 0.5) is 23.3 Å². The van der Waals surface area contributed by atoms with Crippen molar-refractivity contribution in [3.8, 4) is 0 Å². The lowest BCUT2D eigenvalue weighted by molar-refractivity contribution is 1.13. The quantitative estimate of drug-likeness (QED) is 0.489. The standard InChI is InChI=1S/C10H14N6O/c1-3-5-12-8-7(16-17)9(13-6-4-2)15-10(11)14-8/h3-4H,1-2,5-6H2,(H4,11,12,13,14,15). The van der Waals surface area contributed by atoms with E-state index < -0.39 is 0 Å². The first-order valence-corrected chi connectivity index (χ1v) is 4.93. The summed E-state index contributed by atoms with van der Waals surface area (Å²) in [6.07, 6.45) is 3.26. The Morgan fingerprint density at radius 3 is 2.00 bits per heavy atom. The zero-order valence-corrected chi connectivity index (χ0v) is 9.31. The molecule has 1 aromatic heterocycles. The molecule has 0 amide bonds. The Morgan fingerprint density at radius 2 is 1.65 bits per heavy atom. The predicted molar refractivity (Wildman–Crippen MR) is 69.3 cm³/mol. The highest BCUT2D eigenvalue weighted by Crippen LogP contribution is 2.30. The van der Waals surface area contributed by atoms with E-state index in [0.29, 0.717) is 13.1 Å². The van der Waals surface area contributed by atoms with Gasteiger partial charge in [-0.3, -0.25) is 0 Å². The van der Waals surface area contributed by atoms with Gasteiger partial charge in [0.1, 0.15) is 0 Å². The number of nitroso groups, excluding NO2 is 1. The van der Waals surface area contributed by atoms with Crippen LogP contribution in [-0.2, 0) is 0 Å². The number of hydrogen-bond donors (Lipinski definition) is 3. The average molecular weight is 234 g/mol. The van der Waals surface area contributed by atoms with Crippen molar-refractivity contribution < 1.29 is 0 Å². The molecule has 0 bridgehead atoms. The molecule has 0 fully saturated rings. The lowest BCUT2D eigenvalue weighted by Crippen LogP contribution is -2.08. The summed E-state index contributed by atoms with van der Waals surface area (Å²) in [6.45, 7) is 7.99. The van der Waals surface area contributed by atoms with Crippen molar-refractivity contribution in [1.29, 1.82) is 0 Å². The zero-order chi connectivity index (χ0) is 12.7. The minimum Gasteiger partial charge on any atom is -0.368 e. The molecule has 1 heterocycles. The summed E-state index contributed by atoms with van der Waals surface area (Å²) < 4.78 is 0. The summed E-state index contributed by atoms with van der Waals surface area (Å²) >= 11 is 0. The molecular formula is C10H14N6O. The SMILES string of the molecule is C=CCNc1nc(N)nc(NCC=C)c1N=O. The van der Waals surface area contributed by atoms with Gasteiger partial charge in [-0.05, 0) is 5.18 Å². The summed E-state index contributed by atoms with van der Waals surface area (Å²) in [5.74, 6) is 0.605. The van der Waals surface area contributed by atoms with Crippen LogP contribution >= 0.6 is 0 Å². The number of nitrogen functional groups attached to an aromatic ring is 1. The van der Waals surface area contributed by atoms with Crippen LogP contribution in [-0.4, -0.2) is 23.1 Å². The molecule has 0 aliphatic rings. The van der Waals surface area contributed by atoms with Gasteiger partial charge in [-0.1, -0.05) is 12.2 Å². The van der Waals surface area contributed by atoms with Crippen molar-refractivity contribution in [3.63, 3.8) is 0 Å². The van der Waals surface area contributed by atoms with E-state index in [-0.39, 0.29) is 23.3 Å². The molecule has 0 aromatic carbocycles. The molecule has 1 aromatic rings. The fourth-order valence-electron chi connectivity index (χ4n) is 1.14. The van der Waals surface area contributed by atoms with E-state index in [1.54, 1.807) is 12.2 Å². The summed E-state index contributed by atoms with van der Waals surface area (Å²) in [6, 6.07) is 0. The van der Waals surface area contributed by atoms with Crippen LogP contribution in [0.2, 0.25) is 0 Å². The third-order valence-corrected chi connectivity index (χ3v) is 1.82. The first kappa shape index (κ1) is 12.6. The van der Waals surface area contributed by atoms with Crippen molar-refractivity contribution >= 4 is 23.3 Å². The fourth-order valence-corrected chi connectivity index (χ4v) is 1.14. The van der Waals surface area contributed by atoms with Gasteiger partial charge in [0.25, 0.3) is 0 Å². The number of aromatic nitrogens is 2. The molecule has 7 heteroatoms. The van der Waals surface area contributed by atoms with Gasteiger partial charge in [-0.15, -0.1) is 18.1 Å². The fraction of sp³-hybridized carbons (Fsp3) is 0.200. The normalized spacial score (nSPS) is 9.41. The molecule has 0 aliphatic heterocycles. The Labute approximate surface area is 98.8 Å². The van der Waals surface area contributed by atoms with Crippen LogP contribution in [0.3, 0.4) is 0 Å². The van der Waals surface area contributed by atoms with Crippen molar-refractivity contribution in [2.45, 2.75) is 0 Å². The third-order valence-electron chi connectivity index (χ3n) is 1.82. The van der Waals surface area contributed by atoms with Crippen molar-refractivity contribution in [2.24, 2.45) is 5.18 Å². The number of nitrogens with zero attached hydrogens (tertiary/aromatic N) is 3. The number of nitrogens with two attached hydrogens (primary N) is 1. The van der Waals surface area contributed by atoms with E-state index in [0.717, 1.165) is 0 Å². The highest BCUT2D eigenvalue weighted by Gasteiger charge is 2.13. The van der Waals surface area contributed by atoms with Gasteiger partial charge in [0.2, 0.25) is 5.95 Å². The van der Waals surface area contributed by atoms with E-state index in [1.807, 2.05) is 0 Å². The highest BCUT2D eigenvalue weighted by molar-refractivity contribution is 5.75. The van der Waals surface area contributed by atoms with Gasteiger partial charge in [0.05, 0.1) is 0 Å². The van der Waals surface area contributed by atoms with Crippen LogP contribution in [0.25, 0.3) is 0 Å². The summed E-state index contributed by atoms with van der Waals surface area (Å²) in [4.78, 5) is 18.6. The van der Waals surface area contributed by atoms with E-state index in [4.69, 9.17) is 5.73 Å². The Morgan fingerprint density at radius 1 is 1.18 bits per heavy atom. The maximum absolute atomic E-state index is 10.8. The average Bonchev–Trinajstić information content (AvgIpc) is 2.33. The minimum absolute atomic E-state index is 0.0514. The monoisotopic (exact) mass is 234 g/mol. The molecule has 0 unspecified atom stereocenters. The highest BCUT2D eigenvalue weighted by atomic mass is 16.3. The molecule has 17 heavy (non-hydrogen) atoms. The Kier molecular flexibility index (Phi) is 4.61. The second kappa shape index (κ2) is 6.21. The van der Waals surface area contributed by atoms with Crippen molar-refractivity contribution in [2.75, 3.05) is 29.5 Å². The zero-order valence-electron chi connectivity index (χ0n) is 9.31. The molecule has 0 spiro atoms. The maximum atomic E-state index is 10.8. The van der Waals surface area contributed by atoms with Gasteiger partial charge in [0, 0.05) is 13.1 Å². The lowest BCUT2D eigenvalue weighted by Gasteiger charge is -2.10. The molecule has 0 saturated heterocycles. The van der Waals surface area contributed by atoms with Crippen LogP contribution in [0.15, 0.2) is 30.5 Å². The molecular weight excluding hydrogens is 220 g/mol. The second-order valence-corrected chi connectivity index (χ2v) is 3.06. The van der Waals surface area contributed by atoms with E-state index in [1.165, 1.54) is 0 Å². The Bertz CT molecular complexity index is 398. The van der Waals surface area contributed by atoms with Gasteiger partial charge >= 0.3 is 0 Å². The van der Waals surface area contributed by atoms with Gasteiger partial charge in [0.15, 0.2) is 17.3 Å². The van der Waals surface area contributed by atoms with Gasteiger partial charge in [-0.2, -0.15) is 9.97 Å². The van der Waals surface area contributed by atoms with Crippen LogP contribution in [0.1, 0.15) is 0 Å². The number of anilines is 3. The van der Waals surface area contributed by atoms with Crippen molar-refractivity contribution in [3.05, 3.63) is 30.2 Å². The molecule has 0 atom stereocenters. The largest absolute Gasteiger partial charge is 0.368 e. The van der Waals surface area contributed by atoms with Crippen LogP contribution < -0.4 is 16.4 Å². The van der Waals surface area contributed by atoms with Crippen molar-refractivity contribution in [1.82, 2.24) is 9.97 Å². The maximum Gasteiger partial charge on any atom is 0.224 e. The summed E-state index contributed by atoms with van der Waals surface area (Å²) in [7, 11) is 0. The molecule has 0 radical (unpaired) electrons. The second-order valence-electron chi connectivity index (χ2n) is 3.06. The molecule has 1 rings (SSSR count). The third kappa shape index (κ3) is 3.26. The number of rotatable bonds is 7. The molecule has 4 N–H and O–H groups in total. The lowest BCUT2D eigenvalue weighted by atomic mass is 10.4. The van der Waals surface area contributed by atoms with Crippen LogP contribution in [0, 0.1) is 4.91 Å². The smallest absolute Gasteiger partial charge is 0.224 e.